The third-order valence-corrected chi connectivity index (χ3v) is 5.61. The van der Waals surface area contributed by atoms with Gasteiger partial charge in [0.15, 0.2) is 17.3 Å². The Hall–Kier alpha value is -4.17. The van der Waals surface area contributed by atoms with Crippen molar-refractivity contribution in [2.45, 2.75) is 6.54 Å². The van der Waals surface area contributed by atoms with Gasteiger partial charge in [-0.1, -0.05) is 11.6 Å². The predicted molar refractivity (Wildman–Crippen MR) is 131 cm³/mol. The molecule has 0 aliphatic carbocycles. The summed E-state index contributed by atoms with van der Waals surface area (Å²) in [6.07, 6.45) is 1.33. The van der Waals surface area contributed by atoms with E-state index in [9.17, 15) is 18.8 Å². The van der Waals surface area contributed by atoms with Crippen LogP contribution in [0.1, 0.15) is 15.9 Å². The number of amides is 1. The molecule has 0 atom stereocenters. The van der Waals surface area contributed by atoms with Gasteiger partial charge in [0.1, 0.15) is 12.4 Å². The number of rotatable bonds is 7. The van der Waals surface area contributed by atoms with Crippen LogP contribution >= 0.6 is 11.6 Å². The van der Waals surface area contributed by atoms with Crippen LogP contribution in [0, 0.1) is 5.82 Å². The van der Waals surface area contributed by atoms with E-state index in [4.69, 9.17) is 21.1 Å². The molecule has 9 heteroatoms. The van der Waals surface area contributed by atoms with Crippen LogP contribution in [0.15, 0.2) is 71.7 Å². The van der Waals surface area contributed by atoms with Gasteiger partial charge in [0.2, 0.25) is 11.3 Å². The van der Waals surface area contributed by atoms with Crippen molar-refractivity contribution in [3.05, 3.63) is 99.1 Å². The Balaban J connectivity index is 1.72. The lowest BCUT2D eigenvalue weighted by Gasteiger charge is -2.14. The van der Waals surface area contributed by atoms with Gasteiger partial charge in [-0.25, -0.2) is 4.39 Å². The molecule has 1 aromatic heterocycles. The number of carbonyl (C=O) groups is 2. The zero-order valence-electron chi connectivity index (χ0n) is 18.8. The molecule has 178 valence electrons. The number of anilines is 1. The fraction of sp³-hybridized carbons (Fsp3) is 0.115. The maximum Gasteiger partial charge on any atom is 0.244 e. The predicted octanol–water partition coefficient (Wildman–Crippen LogP) is 4.68. The molecule has 4 rings (SSSR count). The number of halogens is 2. The lowest BCUT2D eigenvalue weighted by atomic mass is 10.0. The SMILES string of the molecule is COc1ccc(NC(=O)Cn2cc(C(=O)c3ccc(F)cc3)c(=O)c3cc(Cl)ccc32)cc1OC. The molecular formula is C26H20ClFN2O5. The molecule has 0 bridgehead atoms. The van der Waals surface area contributed by atoms with Crippen LogP contribution in [0.4, 0.5) is 10.1 Å². The fourth-order valence-corrected chi connectivity index (χ4v) is 3.86. The summed E-state index contributed by atoms with van der Waals surface area (Å²) >= 11 is 6.10. The van der Waals surface area contributed by atoms with Crippen molar-refractivity contribution in [1.29, 1.82) is 0 Å². The first-order valence-electron chi connectivity index (χ1n) is 10.5. The van der Waals surface area contributed by atoms with Gasteiger partial charge in [-0.05, 0) is 54.6 Å². The minimum absolute atomic E-state index is 0.145. The van der Waals surface area contributed by atoms with Crippen LogP contribution in [0.25, 0.3) is 10.9 Å². The molecule has 0 saturated heterocycles. The van der Waals surface area contributed by atoms with Gasteiger partial charge in [0, 0.05) is 33.9 Å². The van der Waals surface area contributed by atoms with E-state index in [1.54, 1.807) is 30.3 Å². The molecule has 35 heavy (non-hydrogen) atoms. The minimum atomic E-state index is -0.592. The smallest absolute Gasteiger partial charge is 0.244 e. The first-order valence-corrected chi connectivity index (χ1v) is 10.8. The van der Waals surface area contributed by atoms with Gasteiger partial charge < -0.3 is 19.4 Å². The molecule has 7 nitrogen and oxygen atoms in total. The summed E-state index contributed by atoms with van der Waals surface area (Å²) in [5.41, 5.74) is 0.353. The summed E-state index contributed by atoms with van der Waals surface area (Å²) in [6.45, 7) is -0.198. The highest BCUT2D eigenvalue weighted by Crippen LogP contribution is 2.29. The molecule has 0 unspecified atom stereocenters. The number of benzene rings is 3. The number of ketones is 1. The van der Waals surface area contributed by atoms with E-state index in [1.165, 1.54) is 43.2 Å². The van der Waals surface area contributed by atoms with Crippen LogP contribution in [0.2, 0.25) is 5.02 Å². The molecular weight excluding hydrogens is 475 g/mol. The van der Waals surface area contributed by atoms with Crippen LogP contribution in [0.5, 0.6) is 11.5 Å². The van der Waals surface area contributed by atoms with E-state index in [0.717, 1.165) is 12.1 Å². The molecule has 0 saturated carbocycles. The van der Waals surface area contributed by atoms with E-state index in [2.05, 4.69) is 5.32 Å². The minimum Gasteiger partial charge on any atom is -0.493 e. The average Bonchev–Trinajstić information content (AvgIpc) is 2.85. The molecule has 4 aromatic rings. The molecule has 0 aliphatic rings. The van der Waals surface area contributed by atoms with E-state index in [1.807, 2.05) is 0 Å². The number of aromatic nitrogens is 1. The van der Waals surface area contributed by atoms with Crippen molar-refractivity contribution in [3.63, 3.8) is 0 Å². The highest BCUT2D eigenvalue weighted by molar-refractivity contribution is 6.31. The van der Waals surface area contributed by atoms with E-state index in [0.29, 0.717) is 27.7 Å². The topological polar surface area (TPSA) is 86.6 Å². The van der Waals surface area contributed by atoms with Gasteiger partial charge in [-0.15, -0.1) is 0 Å². The number of fused-ring (bicyclic) bond motifs is 1. The van der Waals surface area contributed by atoms with Gasteiger partial charge in [0.25, 0.3) is 0 Å². The fourth-order valence-electron chi connectivity index (χ4n) is 3.69. The van der Waals surface area contributed by atoms with Crippen molar-refractivity contribution in [2.75, 3.05) is 19.5 Å². The number of hydrogen-bond acceptors (Lipinski definition) is 5. The van der Waals surface area contributed by atoms with Gasteiger partial charge >= 0.3 is 0 Å². The molecule has 1 heterocycles. The molecule has 3 aromatic carbocycles. The Morgan fingerprint density at radius 2 is 1.69 bits per heavy atom. The van der Waals surface area contributed by atoms with Crippen LogP contribution in [-0.2, 0) is 11.3 Å². The average molecular weight is 495 g/mol. The Labute approximate surface area is 204 Å². The standard InChI is InChI=1S/C26H20ClFN2O5/c1-34-22-10-8-18(12-23(22)35-2)29-24(31)14-30-13-20(25(32)15-3-6-17(28)7-4-15)26(33)19-11-16(27)5-9-21(19)30/h3-13H,14H2,1-2H3,(H,29,31). The zero-order valence-corrected chi connectivity index (χ0v) is 19.6. The third-order valence-electron chi connectivity index (χ3n) is 5.37. The van der Waals surface area contributed by atoms with Crippen molar-refractivity contribution in [2.24, 2.45) is 0 Å². The highest BCUT2D eigenvalue weighted by Gasteiger charge is 2.19. The first kappa shape index (κ1) is 24.0. The Bertz CT molecular complexity index is 1500. The maximum atomic E-state index is 13.3. The van der Waals surface area contributed by atoms with Gasteiger partial charge in [-0.3, -0.25) is 14.4 Å². The first-order chi connectivity index (χ1) is 16.8. The number of hydrogen-bond donors (Lipinski definition) is 1. The van der Waals surface area contributed by atoms with Crippen LogP contribution in [-0.4, -0.2) is 30.5 Å². The number of nitrogens with zero attached hydrogens (tertiary/aromatic N) is 1. The van der Waals surface area contributed by atoms with Crippen molar-refractivity contribution in [3.8, 4) is 11.5 Å². The van der Waals surface area contributed by atoms with Gasteiger partial charge in [0.05, 0.1) is 25.3 Å². The van der Waals surface area contributed by atoms with Crippen molar-refractivity contribution < 1.29 is 23.5 Å². The van der Waals surface area contributed by atoms with Crippen molar-refractivity contribution in [1.82, 2.24) is 4.57 Å². The molecule has 0 spiro atoms. The quantitative estimate of drug-likeness (QED) is 0.377. The number of pyridine rings is 1. The Morgan fingerprint density at radius 3 is 2.37 bits per heavy atom. The monoisotopic (exact) mass is 494 g/mol. The molecule has 0 aliphatic heterocycles. The normalized spacial score (nSPS) is 10.7. The molecule has 1 amide bonds. The van der Waals surface area contributed by atoms with Crippen LogP contribution in [0.3, 0.4) is 0 Å². The molecule has 1 N–H and O–H groups in total. The van der Waals surface area contributed by atoms with Crippen molar-refractivity contribution >= 4 is 39.9 Å². The van der Waals surface area contributed by atoms with Crippen LogP contribution < -0.4 is 20.2 Å². The Morgan fingerprint density at radius 1 is 0.971 bits per heavy atom. The summed E-state index contributed by atoms with van der Waals surface area (Å²) in [6, 6.07) is 14.5. The lowest BCUT2D eigenvalue weighted by molar-refractivity contribution is -0.116. The summed E-state index contributed by atoms with van der Waals surface area (Å²) in [5.74, 6) is -0.544. The highest BCUT2D eigenvalue weighted by atomic mass is 35.5. The maximum absolute atomic E-state index is 13.3. The molecule has 0 fully saturated rings. The summed E-state index contributed by atoms with van der Waals surface area (Å²) in [5, 5.41) is 3.26. The zero-order chi connectivity index (χ0) is 25.1. The third kappa shape index (κ3) is 5.02. The number of methoxy groups -OCH3 is 2. The Kier molecular flexibility index (Phi) is 6.84. The second kappa shape index (κ2) is 9.99. The second-order valence-electron chi connectivity index (χ2n) is 7.62. The number of carbonyl (C=O) groups excluding carboxylic acids is 2. The molecule has 0 radical (unpaired) electrons. The van der Waals surface area contributed by atoms with E-state index >= 15 is 0 Å². The van der Waals surface area contributed by atoms with E-state index < -0.39 is 22.9 Å². The lowest BCUT2D eigenvalue weighted by Crippen LogP contribution is -2.24. The number of nitrogens with one attached hydrogen (secondary N) is 1. The largest absolute Gasteiger partial charge is 0.493 e. The summed E-state index contributed by atoms with van der Waals surface area (Å²) in [7, 11) is 3.00. The second-order valence-corrected chi connectivity index (χ2v) is 8.05. The number of ether oxygens (including phenoxy) is 2. The van der Waals surface area contributed by atoms with Gasteiger partial charge in [-0.2, -0.15) is 0 Å². The van der Waals surface area contributed by atoms with E-state index in [-0.39, 0.29) is 23.1 Å². The summed E-state index contributed by atoms with van der Waals surface area (Å²) in [4.78, 5) is 39.1. The summed E-state index contributed by atoms with van der Waals surface area (Å²) < 4.78 is 25.3.